The molecule has 0 heterocycles. The van der Waals surface area contributed by atoms with Crippen molar-refractivity contribution in [3.8, 4) is 0 Å². The quantitative estimate of drug-likeness (QED) is 0.827. The zero-order chi connectivity index (χ0) is 15.2. The molecule has 1 aliphatic carbocycles. The number of carbonyl (C=O) groups excluding carboxylic acids is 1. The number of carboxylic acid groups (broad SMARTS) is 1. The number of rotatable bonds is 5. The lowest BCUT2D eigenvalue weighted by Gasteiger charge is -2.26. The number of amides is 1. The monoisotopic (exact) mass is 351 g/mol. The smallest absolute Gasteiger partial charge is 0.323 e. The lowest BCUT2D eigenvalue weighted by atomic mass is 10.2. The first kappa shape index (κ1) is 15.8. The highest BCUT2D eigenvalue weighted by Gasteiger charge is 2.26. The van der Waals surface area contributed by atoms with Gasteiger partial charge in [-0.15, -0.1) is 0 Å². The number of carboxylic acids is 1. The number of nitrogens with zero attached hydrogens (tertiary/aromatic N) is 1. The van der Waals surface area contributed by atoms with Crippen LogP contribution < -0.4 is 0 Å². The minimum absolute atomic E-state index is 0.0585. The molecule has 2 rings (SSSR count). The van der Waals surface area contributed by atoms with E-state index in [9.17, 15) is 9.59 Å². The van der Waals surface area contributed by atoms with Gasteiger partial charge in [0.1, 0.15) is 6.54 Å². The van der Waals surface area contributed by atoms with Crippen molar-refractivity contribution < 1.29 is 14.7 Å². The maximum Gasteiger partial charge on any atom is 0.323 e. The molecule has 1 N–H and O–H groups in total. The maximum atomic E-state index is 12.3. The van der Waals surface area contributed by atoms with Crippen molar-refractivity contribution >= 4 is 33.9 Å². The molecule has 0 atom stereocenters. The molecule has 0 saturated heterocycles. The largest absolute Gasteiger partial charge is 0.480 e. The van der Waals surface area contributed by atoms with E-state index in [2.05, 4.69) is 15.9 Å². The van der Waals surface area contributed by atoms with Crippen LogP contribution in [-0.4, -0.2) is 34.5 Å². The SMILES string of the molecule is O=C(O)CN(C(=O)/C=C/c1ccc(Br)cc1)C1CCCC1. The zero-order valence-corrected chi connectivity index (χ0v) is 13.3. The Morgan fingerprint density at radius 3 is 2.43 bits per heavy atom. The summed E-state index contributed by atoms with van der Waals surface area (Å²) in [5, 5.41) is 8.99. The fourth-order valence-corrected chi connectivity index (χ4v) is 2.85. The van der Waals surface area contributed by atoms with E-state index < -0.39 is 5.97 Å². The van der Waals surface area contributed by atoms with E-state index in [-0.39, 0.29) is 18.5 Å². The summed E-state index contributed by atoms with van der Waals surface area (Å²) in [4.78, 5) is 24.7. The van der Waals surface area contributed by atoms with Crippen LogP contribution in [0.4, 0.5) is 0 Å². The van der Waals surface area contributed by atoms with Crippen LogP contribution in [0, 0.1) is 0 Å². The van der Waals surface area contributed by atoms with Gasteiger partial charge in [-0.1, -0.05) is 40.9 Å². The van der Waals surface area contributed by atoms with Crippen LogP contribution in [0.2, 0.25) is 0 Å². The molecular formula is C16H18BrNO3. The van der Waals surface area contributed by atoms with Gasteiger partial charge in [0.15, 0.2) is 0 Å². The van der Waals surface area contributed by atoms with Gasteiger partial charge in [0.05, 0.1) is 0 Å². The fourth-order valence-electron chi connectivity index (χ4n) is 2.59. The third kappa shape index (κ3) is 4.70. The van der Waals surface area contributed by atoms with Gasteiger partial charge < -0.3 is 10.0 Å². The van der Waals surface area contributed by atoms with E-state index in [0.717, 1.165) is 35.7 Å². The predicted molar refractivity (Wildman–Crippen MR) is 84.8 cm³/mol. The number of hydrogen-bond donors (Lipinski definition) is 1. The van der Waals surface area contributed by atoms with Gasteiger partial charge in [0.25, 0.3) is 0 Å². The molecule has 0 aliphatic heterocycles. The van der Waals surface area contributed by atoms with Crippen molar-refractivity contribution in [3.63, 3.8) is 0 Å². The molecule has 1 amide bonds. The Kier molecular flexibility index (Phi) is 5.56. The van der Waals surface area contributed by atoms with Gasteiger partial charge in [0.2, 0.25) is 5.91 Å². The lowest BCUT2D eigenvalue weighted by molar-refractivity contribution is -0.144. The van der Waals surface area contributed by atoms with Crippen molar-refractivity contribution in [1.82, 2.24) is 4.90 Å². The highest BCUT2D eigenvalue weighted by atomic mass is 79.9. The minimum atomic E-state index is -0.965. The third-order valence-electron chi connectivity index (χ3n) is 3.64. The topological polar surface area (TPSA) is 57.6 Å². The van der Waals surface area contributed by atoms with Gasteiger partial charge in [-0.25, -0.2) is 0 Å². The van der Waals surface area contributed by atoms with Gasteiger partial charge in [-0.3, -0.25) is 9.59 Å². The number of hydrogen-bond acceptors (Lipinski definition) is 2. The third-order valence-corrected chi connectivity index (χ3v) is 4.17. The maximum absolute atomic E-state index is 12.3. The molecule has 5 heteroatoms. The first-order chi connectivity index (χ1) is 10.1. The second kappa shape index (κ2) is 7.41. The average molecular weight is 352 g/mol. The first-order valence-electron chi connectivity index (χ1n) is 7.02. The second-order valence-electron chi connectivity index (χ2n) is 5.18. The summed E-state index contributed by atoms with van der Waals surface area (Å²) >= 11 is 3.36. The fraction of sp³-hybridized carbons (Fsp3) is 0.375. The van der Waals surface area contributed by atoms with E-state index in [1.54, 1.807) is 6.08 Å². The van der Waals surface area contributed by atoms with Crippen LogP contribution in [0.5, 0.6) is 0 Å². The van der Waals surface area contributed by atoms with Crippen molar-refractivity contribution in [2.75, 3.05) is 6.54 Å². The van der Waals surface area contributed by atoms with E-state index in [1.807, 2.05) is 24.3 Å². The van der Waals surface area contributed by atoms with Crippen LogP contribution in [-0.2, 0) is 9.59 Å². The Bertz CT molecular complexity index is 533. The molecule has 0 spiro atoms. The molecule has 0 unspecified atom stereocenters. The Morgan fingerprint density at radius 1 is 1.24 bits per heavy atom. The van der Waals surface area contributed by atoms with Crippen LogP contribution in [0.25, 0.3) is 6.08 Å². The van der Waals surface area contributed by atoms with E-state index >= 15 is 0 Å². The number of carbonyl (C=O) groups is 2. The van der Waals surface area contributed by atoms with Crippen molar-refractivity contribution in [2.24, 2.45) is 0 Å². The number of halogens is 1. The van der Waals surface area contributed by atoms with Crippen LogP contribution in [0.3, 0.4) is 0 Å². The average Bonchev–Trinajstić information content (AvgIpc) is 2.97. The van der Waals surface area contributed by atoms with E-state index in [1.165, 1.54) is 11.0 Å². The molecule has 1 fully saturated rings. The number of benzene rings is 1. The summed E-state index contributed by atoms with van der Waals surface area (Å²) < 4.78 is 0.976. The number of aliphatic carboxylic acids is 1. The van der Waals surface area contributed by atoms with E-state index in [0.29, 0.717) is 0 Å². The Labute approximate surface area is 132 Å². The molecule has 1 aromatic carbocycles. The Hall–Kier alpha value is -1.62. The predicted octanol–water partition coefficient (Wildman–Crippen LogP) is 3.32. The highest BCUT2D eigenvalue weighted by molar-refractivity contribution is 9.10. The van der Waals surface area contributed by atoms with Gasteiger partial charge in [-0.2, -0.15) is 0 Å². The summed E-state index contributed by atoms with van der Waals surface area (Å²) in [6.45, 7) is -0.228. The van der Waals surface area contributed by atoms with Gasteiger partial charge >= 0.3 is 5.97 Å². The van der Waals surface area contributed by atoms with Crippen LogP contribution in [0.15, 0.2) is 34.8 Å². The summed E-state index contributed by atoms with van der Waals surface area (Å²) in [6, 6.07) is 7.64. The summed E-state index contributed by atoms with van der Waals surface area (Å²) in [7, 11) is 0. The zero-order valence-electron chi connectivity index (χ0n) is 11.7. The van der Waals surface area contributed by atoms with Gasteiger partial charge in [0, 0.05) is 16.6 Å². The molecule has 112 valence electrons. The minimum Gasteiger partial charge on any atom is -0.480 e. The molecule has 21 heavy (non-hydrogen) atoms. The van der Waals surface area contributed by atoms with E-state index in [4.69, 9.17) is 5.11 Å². The molecule has 1 saturated carbocycles. The summed E-state index contributed by atoms with van der Waals surface area (Å²) in [5.74, 6) is -1.19. The molecule has 4 nitrogen and oxygen atoms in total. The van der Waals surface area contributed by atoms with Crippen molar-refractivity contribution in [2.45, 2.75) is 31.7 Å². The van der Waals surface area contributed by atoms with Crippen molar-refractivity contribution in [3.05, 3.63) is 40.4 Å². The second-order valence-corrected chi connectivity index (χ2v) is 6.10. The van der Waals surface area contributed by atoms with Crippen LogP contribution >= 0.6 is 15.9 Å². The Balaban J connectivity index is 2.06. The molecule has 0 radical (unpaired) electrons. The Morgan fingerprint density at radius 2 is 1.86 bits per heavy atom. The molecule has 0 bridgehead atoms. The highest BCUT2D eigenvalue weighted by Crippen LogP contribution is 2.23. The van der Waals surface area contributed by atoms with Gasteiger partial charge in [-0.05, 0) is 36.6 Å². The standard InChI is InChI=1S/C16H18BrNO3/c17-13-8-5-12(6-9-13)7-10-15(19)18(11-16(20)21)14-3-1-2-4-14/h5-10,14H,1-4,11H2,(H,20,21)/b10-7+. The summed E-state index contributed by atoms with van der Waals surface area (Å²) in [5.41, 5.74) is 0.910. The molecule has 1 aromatic rings. The normalized spacial score (nSPS) is 15.5. The summed E-state index contributed by atoms with van der Waals surface area (Å²) in [6.07, 6.45) is 7.09. The molecular weight excluding hydrogens is 334 g/mol. The van der Waals surface area contributed by atoms with Crippen molar-refractivity contribution in [1.29, 1.82) is 0 Å². The molecule has 1 aliphatic rings. The first-order valence-corrected chi connectivity index (χ1v) is 7.81. The molecule has 0 aromatic heterocycles. The lowest BCUT2D eigenvalue weighted by Crippen LogP contribution is -2.41. The van der Waals surface area contributed by atoms with Crippen LogP contribution in [0.1, 0.15) is 31.2 Å².